The predicted molar refractivity (Wildman–Crippen MR) is 91.3 cm³/mol. The Kier molecular flexibility index (Phi) is 6.85. The summed E-state index contributed by atoms with van der Waals surface area (Å²) < 4.78 is 7.63. The minimum atomic E-state index is 0.677. The zero-order valence-corrected chi connectivity index (χ0v) is 15.2. The van der Waals surface area contributed by atoms with Crippen molar-refractivity contribution in [2.75, 3.05) is 13.2 Å². The summed E-state index contributed by atoms with van der Waals surface area (Å²) in [6.07, 6.45) is 7.05. The molecule has 1 N–H and O–H groups in total. The van der Waals surface area contributed by atoms with Crippen LogP contribution in [-0.4, -0.2) is 13.2 Å². The Morgan fingerprint density at radius 3 is 2.45 bits per heavy atom. The highest BCUT2D eigenvalue weighted by Crippen LogP contribution is 2.34. The quantitative estimate of drug-likeness (QED) is 0.624. The van der Waals surface area contributed by atoms with Gasteiger partial charge in [-0.3, -0.25) is 0 Å². The summed E-state index contributed by atoms with van der Waals surface area (Å²) in [6, 6.07) is 4.27. The maximum absolute atomic E-state index is 5.60. The standard InChI is InChI=1S/C16H23Br2NO/c1-2-20-16-14(17)9-13(10-15(16)18)11-19-8-7-12-5-3-4-6-12/h9-10,12,19H,2-8,11H2,1H3. The van der Waals surface area contributed by atoms with Gasteiger partial charge >= 0.3 is 0 Å². The third-order valence-electron chi connectivity index (χ3n) is 3.88. The molecule has 0 spiro atoms. The van der Waals surface area contributed by atoms with E-state index in [-0.39, 0.29) is 0 Å². The largest absolute Gasteiger partial charge is 0.492 e. The van der Waals surface area contributed by atoms with Crippen LogP contribution in [0.1, 0.15) is 44.6 Å². The maximum Gasteiger partial charge on any atom is 0.147 e. The number of halogens is 2. The van der Waals surface area contributed by atoms with Gasteiger partial charge in [0.25, 0.3) is 0 Å². The summed E-state index contributed by atoms with van der Waals surface area (Å²) in [4.78, 5) is 0. The average Bonchev–Trinajstić information content (AvgIpc) is 2.92. The highest BCUT2D eigenvalue weighted by atomic mass is 79.9. The molecule has 1 aromatic carbocycles. The first-order valence-corrected chi connectivity index (χ1v) is 9.10. The normalized spacial score (nSPS) is 15.8. The Labute approximate surface area is 138 Å². The van der Waals surface area contributed by atoms with Crippen LogP contribution >= 0.6 is 31.9 Å². The molecular formula is C16H23Br2NO. The van der Waals surface area contributed by atoms with Crippen LogP contribution in [0.2, 0.25) is 0 Å². The number of hydrogen-bond donors (Lipinski definition) is 1. The number of rotatable bonds is 7. The average molecular weight is 405 g/mol. The summed E-state index contributed by atoms with van der Waals surface area (Å²) in [5, 5.41) is 3.55. The van der Waals surface area contributed by atoms with Crippen molar-refractivity contribution in [2.24, 2.45) is 5.92 Å². The van der Waals surface area contributed by atoms with Crippen molar-refractivity contribution in [1.82, 2.24) is 5.32 Å². The van der Waals surface area contributed by atoms with Crippen LogP contribution in [0, 0.1) is 5.92 Å². The molecule has 1 aliphatic rings. The fourth-order valence-electron chi connectivity index (χ4n) is 2.83. The lowest BCUT2D eigenvalue weighted by atomic mass is 10.0. The molecule has 1 saturated carbocycles. The van der Waals surface area contributed by atoms with Gasteiger partial charge in [-0.05, 0) is 75.4 Å². The van der Waals surface area contributed by atoms with Crippen LogP contribution < -0.4 is 10.1 Å². The molecule has 20 heavy (non-hydrogen) atoms. The topological polar surface area (TPSA) is 21.3 Å². The minimum Gasteiger partial charge on any atom is -0.492 e. The molecule has 4 heteroatoms. The number of hydrogen-bond acceptors (Lipinski definition) is 2. The van der Waals surface area contributed by atoms with Gasteiger partial charge in [-0.15, -0.1) is 0 Å². The smallest absolute Gasteiger partial charge is 0.147 e. The molecule has 2 nitrogen and oxygen atoms in total. The molecule has 1 aromatic rings. The monoisotopic (exact) mass is 403 g/mol. The molecule has 0 aromatic heterocycles. The van der Waals surface area contributed by atoms with Crippen LogP contribution in [0.5, 0.6) is 5.75 Å². The van der Waals surface area contributed by atoms with Crippen molar-refractivity contribution in [3.05, 3.63) is 26.6 Å². The molecule has 112 valence electrons. The summed E-state index contributed by atoms with van der Waals surface area (Å²) in [6.45, 7) is 4.71. The van der Waals surface area contributed by atoms with E-state index in [2.05, 4.69) is 49.3 Å². The first-order valence-electron chi connectivity index (χ1n) is 7.52. The highest BCUT2D eigenvalue weighted by molar-refractivity contribution is 9.11. The van der Waals surface area contributed by atoms with Gasteiger partial charge in [-0.1, -0.05) is 25.7 Å². The Hall–Kier alpha value is -0.0600. The lowest BCUT2D eigenvalue weighted by molar-refractivity contribution is 0.336. The molecule has 0 radical (unpaired) electrons. The molecule has 0 aliphatic heterocycles. The number of nitrogens with one attached hydrogen (secondary N) is 1. The Bertz CT molecular complexity index is 407. The molecule has 0 heterocycles. The van der Waals surface area contributed by atoms with Crippen molar-refractivity contribution in [1.29, 1.82) is 0 Å². The van der Waals surface area contributed by atoms with E-state index in [0.717, 1.165) is 33.7 Å². The second-order valence-corrected chi connectivity index (χ2v) is 7.15. The highest BCUT2D eigenvalue weighted by Gasteiger charge is 2.14. The summed E-state index contributed by atoms with van der Waals surface area (Å²) in [5.74, 6) is 1.85. The Morgan fingerprint density at radius 2 is 1.85 bits per heavy atom. The molecule has 0 saturated heterocycles. The molecule has 0 amide bonds. The van der Waals surface area contributed by atoms with E-state index in [1.165, 1.54) is 37.7 Å². The van der Waals surface area contributed by atoms with Gasteiger partial charge in [0, 0.05) is 6.54 Å². The van der Waals surface area contributed by atoms with Gasteiger partial charge in [-0.2, -0.15) is 0 Å². The third kappa shape index (κ3) is 4.74. The Balaban J connectivity index is 1.80. The number of ether oxygens (including phenoxy) is 1. The van der Waals surface area contributed by atoms with Crippen LogP contribution in [0.25, 0.3) is 0 Å². The van der Waals surface area contributed by atoms with E-state index in [0.29, 0.717) is 6.61 Å². The summed E-state index contributed by atoms with van der Waals surface area (Å²) >= 11 is 7.16. The van der Waals surface area contributed by atoms with Crippen LogP contribution in [0.15, 0.2) is 21.1 Å². The van der Waals surface area contributed by atoms with Gasteiger partial charge in [0.1, 0.15) is 5.75 Å². The lowest BCUT2D eigenvalue weighted by Gasteiger charge is -2.12. The third-order valence-corrected chi connectivity index (χ3v) is 5.06. The van der Waals surface area contributed by atoms with Gasteiger partial charge in [-0.25, -0.2) is 0 Å². The lowest BCUT2D eigenvalue weighted by Crippen LogP contribution is -2.17. The molecule has 0 unspecified atom stereocenters. The first kappa shape index (κ1) is 16.3. The zero-order chi connectivity index (χ0) is 14.4. The molecule has 2 rings (SSSR count). The first-order chi connectivity index (χ1) is 9.70. The second kappa shape index (κ2) is 8.40. The fraction of sp³-hybridized carbons (Fsp3) is 0.625. The van der Waals surface area contributed by atoms with Crippen molar-refractivity contribution in [2.45, 2.75) is 45.6 Å². The second-order valence-electron chi connectivity index (χ2n) is 5.44. The van der Waals surface area contributed by atoms with E-state index in [1.54, 1.807) is 0 Å². The SMILES string of the molecule is CCOc1c(Br)cc(CNCCC2CCCC2)cc1Br. The predicted octanol–water partition coefficient (Wildman–Crippen LogP) is 5.28. The van der Waals surface area contributed by atoms with Gasteiger partial charge in [0.15, 0.2) is 0 Å². The van der Waals surface area contributed by atoms with E-state index < -0.39 is 0 Å². The van der Waals surface area contributed by atoms with E-state index in [9.17, 15) is 0 Å². The van der Waals surface area contributed by atoms with Crippen molar-refractivity contribution in [3.63, 3.8) is 0 Å². The van der Waals surface area contributed by atoms with Crippen molar-refractivity contribution in [3.8, 4) is 5.75 Å². The Morgan fingerprint density at radius 1 is 1.20 bits per heavy atom. The maximum atomic E-state index is 5.60. The summed E-state index contributed by atoms with van der Waals surface area (Å²) in [5.41, 5.74) is 1.28. The molecular weight excluding hydrogens is 382 g/mol. The van der Waals surface area contributed by atoms with Crippen LogP contribution in [0.4, 0.5) is 0 Å². The van der Waals surface area contributed by atoms with Crippen molar-refractivity contribution >= 4 is 31.9 Å². The van der Waals surface area contributed by atoms with Crippen molar-refractivity contribution < 1.29 is 4.74 Å². The van der Waals surface area contributed by atoms with E-state index >= 15 is 0 Å². The van der Waals surface area contributed by atoms with Crippen LogP contribution in [-0.2, 0) is 6.54 Å². The fourth-order valence-corrected chi connectivity index (χ4v) is 4.34. The molecule has 0 bridgehead atoms. The van der Waals surface area contributed by atoms with Gasteiger partial charge in [0.05, 0.1) is 15.6 Å². The zero-order valence-electron chi connectivity index (χ0n) is 12.1. The van der Waals surface area contributed by atoms with Crippen LogP contribution in [0.3, 0.4) is 0 Å². The van der Waals surface area contributed by atoms with E-state index in [1.807, 2.05) is 6.92 Å². The minimum absolute atomic E-state index is 0.677. The van der Waals surface area contributed by atoms with E-state index in [4.69, 9.17) is 4.74 Å². The van der Waals surface area contributed by atoms with Gasteiger partial charge < -0.3 is 10.1 Å². The summed E-state index contributed by atoms with van der Waals surface area (Å²) in [7, 11) is 0. The molecule has 0 atom stereocenters. The molecule has 1 fully saturated rings. The molecule has 1 aliphatic carbocycles. The number of benzene rings is 1. The van der Waals surface area contributed by atoms with Gasteiger partial charge in [0.2, 0.25) is 0 Å².